The number of aromatic nitrogens is 1. The van der Waals surface area contributed by atoms with Gasteiger partial charge in [-0.15, -0.1) is 0 Å². The van der Waals surface area contributed by atoms with E-state index in [2.05, 4.69) is 9.71 Å². The number of methoxy groups -OCH3 is 1. The van der Waals surface area contributed by atoms with Crippen molar-refractivity contribution in [3.63, 3.8) is 0 Å². The van der Waals surface area contributed by atoms with Crippen molar-refractivity contribution in [1.29, 1.82) is 0 Å². The molecule has 8 nitrogen and oxygen atoms in total. The minimum atomic E-state index is -3.66. The van der Waals surface area contributed by atoms with Crippen molar-refractivity contribution in [2.45, 2.75) is 30.7 Å². The van der Waals surface area contributed by atoms with Gasteiger partial charge in [0.2, 0.25) is 10.0 Å². The van der Waals surface area contributed by atoms with Gasteiger partial charge in [-0.25, -0.2) is 17.9 Å². The van der Waals surface area contributed by atoms with Crippen molar-refractivity contribution in [2.24, 2.45) is 5.92 Å². The Morgan fingerprint density at radius 2 is 1.97 bits per heavy atom. The van der Waals surface area contributed by atoms with E-state index in [-0.39, 0.29) is 10.8 Å². The van der Waals surface area contributed by atoms with Crippen molar-refractivity contribution in [3.8, 4) is 0 Å². The summed E-state index contributed by atoms with van der Waals surface area (Å²) in [6, 6.07) is 11.5. The first-order valence-corrected chi connectivity index (χ1v) is 12.4. The Morgan fingerprint density at radius 1 is 1.15 bits per heavy atom. The van der Waals surface area contributed by atoms with Crippen LogP contribution in [0.2, 0.25) is 0 Å². The van der Waals surface area contributed by atoms with Gasteiger partial charge in [-0.2, -0.15) is 0 Å². The standard InChI is InChI=1S/C24H25N3O5S/c1-32-24(29)17-7-8-21-19(12-17)20-14-27(10-9-22(20)26-21)23(28)16-3-2-4-18(11-16)33(30,31)25-13-15-5-6-15/h2-4,7-8,11-12,15,25-26H,5-6,9-10,13-14H2,1H3. The summed E-state index contributed by atoms with van der Waals surface area (Å²) >= 11 is 0. The third-order valence-corrected chi connectivity index (χ3v) is 7.76. The number of benzene rings is 2. The van der Waals surface area contributed by atoms with Gasteiger partial charge in [0.15, 0.2) is 0 Å². The highest BCUT2D eigenvalue weighted by Gasteiger charge is 2.27. The predicted octanol–water partition coefficient (Wildman–Crippen LogP) is 2.84. The second-order valence-corrected chi connectivity index (χ2v) is 10.4. The normalized spacial score (nSPS) is 16.0. The first-order valence-electron chi connectivity index (χ1n) is 11.0. The molecule has 0 saturated heterocycles. The highest BCUT2D eigenvalue weighted by atomic mass is 32.2. The second kappa shape index (κ2) is 8.31. The third-order valence-electron chi connectivity index (χ3n) is 6.33. The molecule has 1 aromatic heterocycles. The fourth-order valence-corrected chi connectivity index (χ4v) is 5.41. The lowest BCUT2D eigenvalue weighted by molar-refractivity contribution is 0.0600. The summed E-state index contributed by atoms with van der Waals surface area (Å²) in [6.07, 6.45) is 2.74. The highest BCUT2D eigenvalue weighted by Crippen LogP contribution is 2.30. The molecule has 2 N–H and O–H groups in total. The van der Waals surface area contributed by atoms with Crippen LogP contribution in [0.1, 0.15) is 44.8 Å². The number of hydrogen-bond acceptors (Lipinski definition) is 5. The lowest BCUT2D eigenvalue weighted by Crippen LogP contribution is -2.36. The molecule has 1 amide bonds. The molecular formula is C24H25N3O5S. The van der Waals surface area contributed by atoms with Crippen molar-refractivity contribution in [1.82, 2.24) is 14.6 Å². The summed E-state index contributed by atoms with van der Waals surface area (Å²) in [5.74, 6) is -0.217. The van der Waals surface area contributed by atoms with Gasteiger partial charge < -0.3 is 14.6 Å². The van der Waals surface area contributed by atoms with E-state index in [1.54, 1.807) is 29.2 Å². The minimum Gasteiger partial charge on any atom is -0.465 e. The van der Waals surface area contributed by atoms with Gasteiger partial charge in [0.1, 0.15) is 0 Å². The number of H-pyrrole nitrogens is 1. The molecule has 1 fully saturated rings. The van der Waals surface area contributed by atoms with Crippen LogP contribution >= 0.6 is 0 Å². The summed E-state index contributed by atoms with van der Waals surface area (Å²) in [6.45, 7) is 1.32. The van der Waals surface area contributed by atoms with Crippen molar-refractivity contribution >= 4 is 32.8 Å². The van der Waals surface area contributed by atoms with Gasteiger partial charge in [0, 0.05) is 53.8 Å². The van der Waals surface area contributed by atoms with Crippen LogP contribution in [0, 0.1) is 5.92 Å². The number of ether oxygens (including phenoxy) is 1. The quantitative estimate of drug-likeness (QED) is 0.542. The SMILES string of the molecule is COC(=O)c1ccc2[nH]c3c(c2c1)CN(C(=O)c1cccc(S(=O)(=O)NCC2CC2)c1)CC3. The largest absolute Gasteiger partial charge is 0.465 e. The summed E-state index contributed by atoms with van der Waals surface area (Å²) in [5.41, 5.74) is 3.69. The Balaban J connectivity index is 1.39. The zero-order chi connectivity index (χ0) is 23.2. The number of nitrogens with one attached hydrogen (secondary N) is 2. The molecular weight excluding hydrogens is 442 g/mol. The van der Waals surface area contributed by atoms with Crippen LogP contribution in [0.4, 0.5) is 0 Å². The Hall–Kier alpha value is -3.17. The molecule has 33 heavy (non-hydrogen) atoms. The van der Waals surface area contributed by atoms with Crippen molar-refractivity contribution in [2.75, 3.05) is 20.2 Å². The second-order valence-electron chi connectivity index (χ2n) is 8.63. The van der Waals surface area contributed by atoms with Gasteiger partial charge in [-0.3, -0.25) is 4.79 Å². The zero-order valence-corrected chi connectivity index (χ0v) is 19.1. The fourth-order valence-electron chi connectivity index (χ4n) is 4.24. The molecule has 0 radical (unpaired) electrons. The number of carbonyl (C=O) groups excluding carboxylic acids is 2. The summed E-state index contributed by atoms with van der Waals surface area (Å²) < 4.78 is 32.7. The van der Waals surface area contributed by atoms with E-state index in [9.17, 15) is 18.0 Å². The fraction of sp³-hybridized carbons (Fsp3) is 0.333. The van der Waals surface area contributed by atoms with Crippen molar-refractivity contribution in [3.05, 3.63) is 64.8 Å². The molecule has 2 heterocycles. The Morgan fingerprint density at radius 3 is 2.73 bits per heavy atom. The van der Waals surface area contributed by atoms with Gasteiger partial charge >= 0.3 is 5.97 Å². The van der Waals surface area contributed by atoms with Crippen LogP contribution in [0.15, 0.2) is 47.4 Å². The monoisotopic (exact) mass is 467 g/mol. The Labute approximate surface area is 192 Å². The topological polar surface area (TPSA) is 109 Å². The molecule has 1 aliphatic carbocycles. The first-order chi connectivity index (χ1) is 15.9. The minimum absolute atomic E-state index is 0.0986. The Kier molecular flexibility index (Phi) is 5.46. The molecule has 0 bridgehead atoms. The number of amides is 1. The van der Waals surface area contributed by atoms with Crippen LogP contribution in [0.25, 0.3) is 10.9 Å². The van der Waals surface area contributed by atoms with Crippen LogP contribution in [0.5, 0.6) is 0 Å². The van der Waals surface area contributed by atoms with E-state index in [0.29, 0.717) is 43.1 Å². The molecule has 5 rings (SSSR count). The van der Waals surface area contributed by atoms with E-state index in [0.717, 1.165) is 35.0 Å². The maximum Gasteiger partial charge on any atom is 0.337 e. The van der Waals surface area contributed by atoms with Crippen LogP contribution in [-0.2, 0) is 27.7 Å². The van der Waals surface area contributed by atoms with E-state index in [1.165, 1.54) is 19.2 Å². The number of sulfonamides is 1. The number of carbonyl (C=O) groups is 2. The molecule has 0 spiro atoms. The number of hydrogen-bond donors (Lipinski definition) is 2. The maximum atomic E-state index is 13.3. The summed E-state index contributed by atoms with van der Waals surface area (Å²) in [7, 11) is -2.31. The predicted molar refractivity (Wildman–Crippen MR) is 122 cm³/mol. The van der Waals surface area contributed by atoms with Gasteiger partial charge in [-0.05, 0) is 55.2 Å². The molecule has 2 aliphatic rings. The van der Waals surface area contributed by atoms with E-state index >= 15 is 0 Å². The lowest BCUT2D eigenvalue weighted by Gasteiger charge is -2.27. The molecule has 2 aromatic carbocycles. The molecule has 3 aromatic rings. The first kappa shape index (κ1) is 21.7. The third kappa shape index (κ3) is 4.26. The average Bonchev–Trinajstić information content (AvgIpc) is 3.60. The molecule has 172 valence electrons. The number of fused-ring (bicyclic) bond motifs is 3. The zero-order valence-electron chi connectivity index (χ0n) is 18.3. The van der Waals surface area contributed by atoms with Crippen LogP contribution in [0.3, 0.4) is 0 Å². The van der Waals surface area contributed by atoms with Gasteiger partial charge in [-0.1, -0.05) is 6.07 Å². The highest BCUT2D eigenvalue weighted by molar-refractivity contribution is 7.89. The molecule has 1 aliphatic heterocycles. The Bertz CT molecular complexity index is 1360. The van der Waals surface area contributed by atoms with Crippen LogP contribution in [-0.4, -0.2) is 50.4 Å². The molecule has 0 unspecified atom stereocenters. The average molecular weight is 468 g/mol. The maximum absolute atomic E-state index is 13.3. The summed E-state index contributed by atoms with van der Waals surface area (Å²) in [4.78, 5) is 30.4. The van der Waals surface area contributed by atoms with Crippen molar-refractivity contribution < 1.29 is 22.7 Å². The number of rotatable bonds is 6. The van der Waals surface area contributed by atoms with Crippen LogP contribution < -0.4 is 4.72 Å². The number of aromatic amines is 1. The van der Waals surface area contributed by atoms with E-state index < -0.39 is 16.0 Å². The number of esters is 1. The molecule has 0 atom stereocenters. The molecule has 9 heteroatoms. The van der Waals surface area contributed by atoms with E-state index in [4.69, 9.17) is 4.74 Å². The smallest absolute Gasteiger partial charge is 0.337 e. The van der Waals surface area contributed by atoms with Gasteiger partial charge in [0.25, 0.3) is 5.91 Å². The lowest BCUT2D eigenvalue weighted by atomic mass is 10.0. The van der Waals surface area contributed by atoms with Gasteiger partial charge in [0.05, 0.1) is 17.6 Å². The number of nitrogens with zero attached hydrogens (tertiary/aromatic N) is 1. The molecule has 1 saturated carbocycles. The summed E-state index contributed by atoms with van der Waals surface area (Å²) in [5, 5.41) is 0.881. The van der Waals surface area contributed by atoms with E-state index in [1.807, 2.05) is 6.07 Å².